The number of hydrogen-bond donors (Lipinski definition) is 2. The second-order valence-electron chi connectivity index (χ2n) is 4.43. The Kier molecular flexibility index (Phi) is 5.55. The SMILES string of the molecule is CCc1nc2cc(Cl)ccn2c1C(=O)NCCOCCO. The Bertz CT molecular complexity index is 627. The predicted molar refractivity (Wildman–Crippen MR) is 79.8 cm³/mol. The largest absolute Gasteiger partial charge is 0.394 e. The van der Waals surface area contributed by atoms with Crippen molar-refractivity contribution in [1.29, 1.82) is 0 Å². The summed E-state index contributed by atoms with van der Waals surface area (Å²) >= 11 is 5.94. The van der Waals surface area contributed by atoms with Crippen molar-refractivity contribution in [3.8, 4) is 0 Å². The number of nitrogens with zero attached hydrogens (tertiary/aromatic N) is 2. The monoisotopic (exact) mass is 311 g/mol. The highest BCUT2D eigenvalue weighted by atomic mass is 35.5. The van der Waals surface area contributed by atoms with Crippen molar-refractivity contribution >= 4 is 23.2 Å². The summed E-state index contributed by atoms with van der Waals surface area (Å²) in [5.41, 5.74) is 1.90. The Morgan fingerprint density at radius 2 is 2.33 bits per heavy atom. The van der Waals surface area contributed by atoms with Gasteiger partial charge in [0.2, 0.25) is 0 Å². The van der Waals surface area contributed by atoms with Gasteiger partial charge in [0, 0.05) is 23.8 Å². The molecule has 6 nitrogen and oxygen atoms in total. The molecule has 0 fully saturated rings. The van der Waals surface area contributed by atoms with E-state index in [1.165, 1.54) is 0 Å². The number of aryl methyl sites for hydroxylation is 1. The quantitative estimate of drug-likeness (QED) is 0.756. The molecule has 0 saturated carbocycles. The van der Waals surface area contributed by atoms with Gasteiger partial charge in [-0.2, -0.15) is 0 Å². The van der Waals surface area contributed by atoms with Crippen LogP contribution in [0.3, 0.4) is 0 Å². The van der Waals surface area contributed by atoms with Crippen LogP contribution in [0.1, 0.15) is 23.1 Å². The van der Waals surface area contributed by atoms with E-state index in [4.69, 9.17) is 21.4 Å². The van der Waals surface area contributed by atoms with Gasteiger partial charge >= 0.3 is 0 Å². The summed E-state index contributed by atoms with van der Waals surface area (Å²) in [6.07, 6.45) is 2.39. The smallest absolute Gasteiger partial charge is 0.270 e. The van der Waals surface area contributed by atoms with Crippen molar-refractivity contribution in [2.45, 2.75) is 13.3 Å². The van der Waals surface area contributed by atoms with Crippen molar-refractivity contribution in [2.24, 2.45) is 0 Å². The third kappa shape index (κ3) is 3.72. The van der Waals surface area contributed by atoms with E-state index in [1.807, 2.05) is 6.92 Å². The molecule has 1 amide bonds. The fourth-order valence-corrected chi connectivity index (χ4v) is 2.20. The Hall–Kier alpha value is -1.63. The molecule has 2 rings (SSSR count). The van der Waals surface area contributed by atoms with Crippen molar-refractivity contribution in [3.05, 3.63) is 34.7 Å². The van der Waals surface area contributed by atoms with Gasteiger partial charge in [-0.25, -0.2) is 4.98 Å². The number of ether oxygens (including phenoxy) is 1. The van der Waals surface area contributed by atoms with Gasteiger partial charge in [-0.1, -0.05) is 18.5 Å². The van der Waals surface area contributed by atoms with Crippen LogP contribution in [0.2, 0.25) is 5.02 Å². The average molecular weight is 312 g/mol. The van der Waals surface area contributed by atoms with Gasteiger partial charge in [0.15, 0.2) is 0 Å². The molecule has 2 aromatic heterocycles. The van der Waals surface area contributed by atoms with Crippen LogP contribution in [0.4, 0.5) is 0 Å². The van der Waals surface area contributed by atoms with Crippen LogP contribution in [-0.2, 0) is 11.2 Å². The highest BCUT2D eigenvalue weighted by Gasteiger charge is 2.17. The number of fused-ring (bicyclic) bond motifs is 1. The molecule has 0 spiro atoms. The molecule has 114 valence electrons. The van der Waals surface area contributed by atoms with Gasteiger partial charge in [-0.3, -0.25) is 9.20 Å². The molecule has 0 aromatic carbocycles. The minimum Gasteiger partial charge on any atom is -0.394 e. The van der Waals surface area contributed by atoms with E-state index < -0.39 is 0 Å². The number of halogens is 1. The van der Waals surface area contributed by atoms with E-state index >= 15 is 0 Å². The van der Waals surface area contributed by atoms with Crippen LogP contribution in [0.5, 0.6) is 0 Å². The van der Waals surface area contributed by atoms with Crippen LogP contribution in [0.15, 0.2) is 18.3 Å². The summed E-state index contributed by atoms with van der Waals surface area (Å²) in [5, 5.41) is 12.0. The number of rotatable bonds is 7. The number of nitrogens with one attached hydrogen (secondary N) is 1. The standard InChI is InChI=1S/C14H18ClN3O3/c1-2-11-13(14(20)16-4-7-21-8-6-19)18-5-3-10(15)9-12(18)17-11/h3,5,9,19H,2,4,6-8H2,1H3,(H,16,20). The Morgan fingerprint density at radius 1 is 1.52 bits per heavy atom. The maximum absolute atomic E-state index is 12.3. The lowest BCUT2D eigenvalue weighted by Gasteiger charge is -2.07. The van der Waals surface area contributed by atoms with Gasteiger partial charge < -0.3 is 15.2 Å². The maximum atomic E-state index is 12.3. The van der Waals surface area contributed by atoms with Crippen molar-refractivity contribution in [1.82, 2.24) is 14.7 Å². The molecule has 0 aliphatic heterocycles. The summed E-state index contributed by atoms with van der Waals surface area (Å²) in [7, 11) is 0. The van der Waals surface area contributed by atoms with E-state index in [0.717, 1.165) is 5.69 Å². The number of imidazole rings is 1. The fourth-order valence-electron chi connectivity index (χ4n) is 2.04. The number of amides is 1. The molecule has 0 atom stereocenters. The fraction of sp³-hybridized carbons (Fsp3) is 0.429. The van der Waals surface area contributed by atoms with Gasteiger partial charge in [-0.15, -0.1) is 0 Å². The molecule has 2 aromatic rings. The molecule has 0 aliphatic carbocycles. The maximum Gasteiger partial charge on any atom is 0.270 e. The lowest BCUT2D eigenvalue weighted by molar-refractivity contribution is 0.0834. The number of hydrogen-bond acceptors (Lipinski definition) is 4. The first-order valence-corrected chi connectivity index (χ1v) is 7.18. The summed E-state index contributed by atoms with van der Waals surface area (Å²) in [4.78, 5) is 16.7. The Morgan fingerprint density at radius 3 is 3.05 bits per heavy atom. The zero-order chi connectivity index (χ0) is 15.2. The van der Waals surface area contributed by atoms with Crippen LogP contribution >= 0.6 is 11.6 Å². The summed E-state index contributed by atoms with van der Waals surface area (Å²) in [6, 6.07) is 3.44. The summed E-state index contributed by atoms with van der Waals surface area (Å²) in [6.45, 7) is 2.93. The molecule has 2 heterocycles. The third-order valence-electron chi connectivity index (χ3n) is 2.98. The number of carbonyl (C=O) groups excluding carboxylic acids is 1. The van der Waals surface area contributed by atoms with Crippen LogP contribution < -0.4 is 5.32 Å². The minimum atomic E-state index is -0.200. The first-order valence-electron chi connectivity index (χ1n) is 6.80. The van der Waals surface area contributed by atoms with Crippen LogP contribution in [-0.4, -0.2) is 46.8 Å². The predicted octanol–water partition coefficient (Wildman–Crippen LogP) is 1.29. The number of carbonyl (C=O) groups is 1. The normalized spacial score (nSPS) is 11.0. The minimum absolute atomic E-state index is 0.0258. The first-order chi connectivity index (χ1) is 10.2. The molecule has 0 bridgehead atoms. The lowest BCUT2D eigenvalue weighted by atomic mass is 10.2. The Labute approximate surface area is 127 Å². The second kappa shape index (κ2) is 7.40. The van der Waals surface area contributed by atoms with Gasteiger partial charge in [-0.05, 0) is 12.5 Å². The molecule has 21 heavy (non-hydrogen) atoms. The second-order valence-corrected chi connectivity index (χ2v) is 4.86. The molecule has 0 saturated heterocycles. The molecule has 2 N–H and O–H groups in total. The first kappa shape index (κ1) is 15.8. The van der Waals surface area contributed by atoms with Gasteiger partial charge in [0.1, 0.15) is 11.3 Å². The number of aromatic nitrogens is 2. The van der Waals surface area contributed by atoms with Gasteiger partial charge in [0.05, 0.1) is 25.5 Å². The van der Waals surface area contributed by atoms with E-state index in [1.54, 1.807) is 22.7 Å². The third-order valence-corrected chi connectivity index (χ3v) is 3.21. The zero-order valence-corrected chi connectivity index (χ0v) is 12.6. The van der Waals surface area contributed by atoms with E-state index in [-0.39, 0.29) is 19.1 Å². The van der Waals surface area contributed by atoms with E-state index in [2.05, 4.69) is 10.3 Å². The molecule has 7 heteroatoms. The average Bonchev–Trinajstić information content (AvgIpc) is 2.84. The van der Waals surface area contributed by atoms with Crippen molar-refractivity contribution < 1.29 is 14.6 Å². The number of pyridine rings is 1. The van der Waals surface area contributed by atoms with Crippen molar-refractivity contribution in [3.63, 3.8) is 0 Å². The summed E-state index contributed by atoms with van der Waals surface area (Å²) in [5.74, 6) is -0.200. The lowest BCUT2D eigenvalue weighted by Crippen LogP contribution is -2.29. The van der Waals surface area contributed by atoms with Crippen LogP contribution in [0, 0.1) is 0 Å². The number of aliphatic hydroxyl groups excluding tert-OH is 1. The Balaban J connectivity index is 2.14. The molecular weight excluding hydrogens is 294 g/mol. The highest BCUT2D eigenvalue weighted by molar-refractivity contribution is 6.30. The zero-order valence-electron chi connectivity index (χ0n) is 11.8. The molecule has 0 unspecified atom stereocenters. The van der Waals surface area contributed by atoms with Crippen LogP contribution in [0.25, 0.3) is 5.65 Å². The molecule has 0 radical (unpaired) electrons. The van der Waals surface area contributed by atoms with Gasteiger partial charge in [0.25, 0.3) is 5.91 Å². The van der Waals surface area contributed by atoms with E-state index in [0.29, 0.717) is 35.9 Å². The molecular formula is C14H18ClN3O3. The van der Waals surface area contributed by atoms with Crippen molar-refractivity contribution in [2.75, 3.05) is 26.4 Å². The summed E-state index contributed by atoms with van der Waals surface area (Å²) < 4.78 is 6.84. The highest BCUT2D eigenvalue weighted by Crippen LogP contribution is 2.17. The van der Waals surface area contributed by atoms with E-state index in [9.17, 15) is 4.79 Å². The topological polar surface area (TPSA) is 75.9 Å². The number of aliphatic hydroxyl groups is 1. The molecule has 0 aliphatic rings.